The number of nitro benzene ring substituents is 1. The first-order valence-corrected chi connectivity index (χ1v) is 10.3. The Kier molecular flexibility index (Phi) is 8.65. The van der Waals surface area contributed by atoms with Gasteiger partial charge in [0.2, 0.25) is 11.6 Å². The summed E-state index contributed by atoms with van der Waals surface area (Å²) in [5.74, 6) is -1.10. The van der Waals surface area contributed by atoms with Crippen LogP contribution in [0, 0.1) is 31.9 Å². The van der Waals surface area contributed by atoms with E-state index in [1.54, 1.807) is 29.5 Å². The number of hydrazone groups is 1. The van der Waals surface area contributed by atoms with Gasteiger partial charge in [-0.1, -0.05) is 0 Å². The number of rotatable bonds is 8. The molecule has 1 aromatic carbocycles. The molecule has 0 aliphatic carbocycles. The molecule has 0 saturated carbocycles. The number of halogens is 2. The van der Waals surface area contributed by atoms with E-state index < -0.39 is 28.9 Å². The zero-order valence-electron chi connectivity index (χ0n) is 16.2. The van der Waals surface area contributed by atoms with Crippen LogP contribution in [0.25, 0.3) is 0 Å². The van der Waals surface area contributed by atoms with Crippen LogP contribution in [0.2, 0.25) is 0 Å². The van der Waals surface area contributed by atoms with Gasteiger partial charge in [-0.3, -0.25) is 14.9 Å². The van der Waals surface area contributed by atoms with Gasteiger partial charge in [0.25, 0.3) is 5.91 Å². The normalized spacial score (nSPS) is 10.7. The van der Waals surface area contributed by atoms with E-state index >= 15 is 0 Å². The second kappa shape index (κ2) is 11.0. The largest absolute Gasteiger partial charge is 0.501 e. The van der Waals surface area contributed by atoms with Gasteiger partial charge in [-0.2, -0.15) is 10.4 Å². The number of nitrogens with one attached hydrogen (secondary N) is 1. The summed E-state index contributed by atoms with van der Waals surface area (Å²) < 4.78 is 11.4. The van der Waals surface area contributed by atoms with Crippen LogP contribution in [-0.2, 0) is 16.1 Å². The maximum atomic E-state index is 12.0. The van der Waals surface area contributed by atoms with Crippen LogP contribution in [0.1, 0.15) is 22.4 Å². The van der Waals surface area contributed by atoms with Crippen LogP contribution in [-0.4, -0.2) is 40.9 Å². The molecule has 0 aliphatic rings. The summed E-state index contributed by atoms with van der Waals surface area (Å²) in [5.41, 5.74) is 3.29. The molecule has 2 aromatic rings. The fraction of sp³-hybridized carbons (Fsp3) is 0.222. The Morgan fingerprint density at radius 1 is 1.55 bits per heavy atom. The van der Waals surface area contributed by atoms with Crippen molar-refractivity contribution in [2.75, 3.05) is 13.7 Å². The number of benzene rings is 1. The number of phenols is 1. The fourth-order valence-electron chi connectivity index (χ4n) is 2.38. The average molecular weight is 604 g/mol. The molecule has 0 radical (unpaired) electrons. The van der Waals surface area contributed by atoms with E-state index in [0.717, 1.165) is 6.07 Å². The lowest BCUT2D eigenvalue weighted by Crippen LogP contribution is -2.25. The lowest BCUT2D eigenvalue weighted by Gasteiger charge is -2.13. The molecule has 13 heteroatoms. The number of aromatic nitrogens is 1. The molecule has 31 heavy (non-hydrogen) atoms. The third-order valence-electron chi connectivity index (χ3n) is 3.77. The molecular weight excluding hydrogens is 589 g/mol. The highest BCUT2D eigenvalue weighted by Crippen LogP contribution is 2.32. The molecule has 0 bridgehead atoms. The summed E-state index contributed by atoms with van der Waals surface area (Å²) in [4.78, 5) is 26.4. The zero-order valence-corrected chi connectivity index (χ0v) is 19.9. The number of carbonyl (C=O) groups excluding carboxylic acids is 1. The highest BCUT2D eigenvalue weighted by molar-refractivity contribution is 14.1. The van der Waals surface area contributed by atoms with Crippen molar-refractivity contribution >= 4 is 56.3 Å². The van der Waals surface area contributed by atoms with Gasteiger partial charge in [-0.15, -0.1) is 0 Å². The van der Waals surface area contributed by atoms with Crippen LogP contribution in [0.3, 0.4) is 0 Å². The predicted octanol–water partition coefficient (Wildman–Crippen LogP) is 2.92. The molecule has 0 saturated heterocycles. The second-order valence-corrected chi connectivity index (χ2v) is 7.88. The smallest absolute Gasteiger partial charge is 0.312 e. The summed E-state index contributed by atoms with van der Waals surface area (Å²) in [7, 11) is 1.49. The Bertz CT molecular complexity index is 1100. The Hall–Kier alpha value is -2.83. The highest BCUT2D eigenvalue weighted by atomic mass is 127. The van der Waals surface area contributed by atoms with E-state index in [1.807, 2.05) is 6.07 Å². The molecule has 2 rings (SSSR count). The molecule has 2 N–H and O–H groups in total. The van der Waals surface area contributed by atoms with Crippen molar-refractivity contribution in [3.63, 3.8) is 0 Å². The number of ether oxygens (including phenoxy) is 2. The van der Waals surface area contributed by atoms with Crippen LogP contribution in [0.4, 0.5) is 5.69 Å². The van der Waals surface area contributed by atoms with Gasteiger partial charge in [-0.05, 0) is 51.5 Å². The van der Waals surface area contributed by atoms with Crippen LogP contribution in [0.15, 0.2) is 21.7 Å². The Labute approximate surface area is 198 Å². The van der Waals surface area contributed by atoms with Crippen molar-refractivity contribution in [3.05, 3.63) is 52.7 Å². The number of nitriles is 1. The highest BCUT2D eigenvalue weighted by Gasteiger charge is 2.19. The molecule has 11 nitrogen and oxygen atoms in total. The van der Waals surface area contributed by atoms with E-state index in [2.05, 4.69) is 31.4 Å². The minimum Gasteiger partial charge on any atom is -0.501 e. The molecule has 0 unspecified atom stereocenters. The van der Waals surface area contributed by atoms with Gasteiger partial charge >= 0.3 is 5.69 Å². The number of carbonyl (C=O) groups is 1. The van der Waals surface area contributed by atoms with E-state index in [1.165, 1.54) is 19.4 Å². The van der Waals surface area contributed by atoms with Crippen molar-refractivity contribution in [1.82, 2.24) is 10.4 Å². The molecular formula is C18H15BrIN5O6. The number of pyridine rings is 1. The Morgan fingerprint density at radius 2 is 2.26 bits per heavy atom. The van der Waals surface area contributed by atoms with Crippen LogP contribution in [0.5, 0.6) is 11.6 Å². The van der Waals surface area contributed by atoms with Crippen molar-refractivity contribution in [3.8, 4) is 17.7 Å². The lowest BCUT2D eigenvalue weighted by molar-refractivity contribution is -0.386. The number of methoxy groups -OCH3 is 1. The summed E-state index contributed by atoms with van der Waals surface area (Å²) in [5, 5.41) is 33.8. The average Bonchev–Trinajstić information content (AvgIpc) is 2.72. The van der Waals surface area contributed by atoms with Gasteiger partial charge in [-0.25, -0.2) is 10.4 Å². The van der Waals surface area contributed by atoms with E-state index in [4.69, 9.17) is 9.47 Å². The number of nitro groups is 1. The van der Waals surface area contributed by atoms with Crippen molar-refractivity contribution in [2.45, 2.75) is 13.5 Å². The maximum absolute atomic E-state index is 12.0. The van der Waals surface area contributed by atoms with Crippen molar-refractivity contribution < 1.29 is 24.3 Å². The standard InChI is InChI=1S/C18H15BrIN5O6/c1-9-16(19)12(7-30-2)11(5-21)18(23-9)31-8-15(26)24-22-6-10-3-13(20)17(27)14(4-10)25(28)29/h3-4,6,27H,7-8H2,1-2H3,(H,24,26)/b22-6-. The molecule has 0 fully saturated rings. The summed E-state index contributed by atoms with van der Waals surface area (Å²) in [6.45, 7) is 1.39. The molecule has 1 aromatic heterocycles. The second-order valence-electron chi connectivity index (χ2n) is 5.92. The van der Waals surface area contributed by atoms with Gasteiger partial charge in [0, 0.05) is 28.8 Å². The van der Waals surface area contributed by atoms with Gasteiger partial charge in [0.1, 0.15) is 11.6 Å². The first kappa shape index (κ1) is 24.4. The fourth-order valence-corrected chi connectivity index (χ4v) is 3.41. The molecule has 0 aliphatic heterocycles. The summed E-state index contributed by atoms with van der Waals surface area (Å²) in [6, 6.07) is 4.57. The first-order chi connectivity index (χ1) is 14.7. The topological polar surface area (TPSA) is 160 Å². The van der Waals surface area contributed by atoms with Gasteiger partial charge in [0.05, 0.1) is 27.0 Å². The SMILES string of the molecule is COCc1c(Br)c(C)nc(OCC(=O)N/N=C\c2cc(I)c(O)c([N+](=O)[O-])c2)c1C#N. The zero-order chi connectivity index (χ0) is 23.1. The molecule has 1 amide bonds. The number of phenolic OH excluding ortho intramolecular Hbond substituents is 1. The van der Waals surface area contributed by atoms with Crippen molar-refractivity contribution in [1.29, 1.82) is 5.26 Å². The summed E-state index contributed by atoms with van der Waals surface area (Å²) in [6.07, 6.45) is 1.19. The lowest BCUT2D eigenvalue weighted by atomic mass is 10.1. The third-order valence-corrected chi connectivity index (χ3v) is 5.65. The third kappa shape index (κ3) is 6.09. The van der Waals surface area contributed by atoms with Crippen LogP contribution < -0.4 is 10.2 Å². The van der Waals surface area contributed by atoms with E-state index in [-0.39, 0.29) is 21.6 Å². The molecule has 0 atom stereocenters. The summed E-state index contributed by atoms with van der Waals surface area (Å²) >= 11 is 5.11. The van der Waals surface area contributed by atoms with Crippen LogP contribution >= 0.6 is 38.5 Å². The quantitative estimate of drug-likeness (QED) is 0.202. The van der Waals surface area contributed by atoms with Gasteiger partial charge < -0.3 is 14.6 Å². The van der Waals surface area contributed by atoms with Crippen molar-refractivity contribution in [2.24, 2.45) is 5.10 Å². The van der Waals surface area contributed by atoms with E-state index in [0.29, 0.717) is 21.3 Å². The molecule has 0 spiro atoms. The number of aromatic hydroxyl groups is 1. The minimum atomic E-state index is -0.723. The Balaban J connectivity index is 2.09. The minimum absolute atomic E-state index is 0.0157. The number of aryl methyl sites for hydroxylation is 1. The van der Waals surface area contributed by atoms with Gasteiger partial charge in [0.15, 0.2) is 6.61 Å². The Morgan fingerprint density at radius 3 is 2.87 bits per heavy atom. The number of hydrogen-bond acceptors (Lipinski definition) is 9. The maximum Gasteiger partial charge on any atom is 0.312 e. The predicted molar refractivity (Wildman–Crippen MR) is 121 cm³/mol. The molecule has 1 heterocycles. The number of hydrogen-bond donors (Lipinski definition) is 2. The monoisotopic (exact) mass is 603 g/mol. The molecule has 162 valence electrons. The van der Waals surface area contributed by atoms with E-state index in [9.17, 15) is 25.3 Å². The first-order valence-electron chi connectivity index (χ1n) is 8.39. The number of amides is 1. The number of nitrogens with zero attached hydrogens (tertiary/aromatic N) is 4.